The van der Waals surface area contributed by atoms with Crippen molar-refractivity contribution in [2.24, 2.45) is 5.92 Å². The van der Waals surface area contributed by atoms with Crippen molar-refractivity contribution in [1.29, 1.82) is 0 Å². The van der Waals surface area contributed by atoms with Gasteiger partial charge in [-0.15, -0.1) is 0 Å². The average molecular weight is 381 g/mol. The van der Waals surface area contributed by atoms with E-state index >= 15 is 0 Å². The number of aryl methyl sites for hydroxylation is 1. The zero-order chi connectivity index (χ0) is 17.0. The van der Waals surface area contributed by atoms with Crippen LogP contribution in [0.15, 0.2) is 34.9 Å². The lowest BCUT2D eigenvalue weighted by Crippen LogP contribution is -2.45. The number of halogens is 1. The van der Waals surface area contributed by atoms with E-state index < -0.39 is 12.0 Å². The number of aromatic nitrogens is 1. The Morgan fingerprint density at radius 1 is 1.35 bits per heavy atom. The topological polar surface area (TPSA) is 71.3 Å². The van der Waals surface area contributed by atoms with Gasteiger partial charge in [-0.3, -0.25) is 4.79 Å². The number of hydrogen-bond acceptors (Lipinski definition) is 2. The summed E-state index contributed by atoms with van der Waals surface area (Å²) in [6, 6.07) is 7.15. The van der Waals surface area contributed by atoms with Gasteiger partial charge in [0.15, 0.2) is 0 Å². The molecule has 6 heteroatoms. The second-order valence-electron chi connectivity index (χ2n) is 5.73. The quantitative estimate of drug-likeness (QED) is 0.772. The van der Waals surface area contributed by atoms with E-state index in [0.717, 1.165) is 15.4 Å². The Labute approximate surface area is 143 Å². The summed E-state index contributed by atoms with van der Waals surface area (Å²) in [6.07, 6.45) is 2.89. The van der Waals surface area contributed by atoms with Crippen LogP contribution in [0, 0.1) is 5.92 Å². The second kappa shape index (κ2) is 7.64. The molecule has 5 nitrogen and oxygen atoms in total. The van der Waals surface area contributed by atoms with E-state index in [9.17, 15) is 14.7 Å². The summed E-state index contributed by atoms with van der Waals surface area (Å²) in [6.45, 7) is 4.26. The van der Waals surface area contributed by atoms with Crippen molar-refractivity contribution < 1.29 is 14.7 Å². The highest BCUT2D eigenvalue weighted by Gasteiger charge is 2.25. The molecular weight excluding hydrogens is 360 g/mol. The maximum Gasteiger partial charge on any atom is 0.326 e. The number of carbonyl (C=O) groups is 2. The first-order valence-corrected chi connectivity index (χ1v) is 8.48. The number of carboxylic acids is 1. The fraction of sp³-hybridized carbons (Fsp3) is 0.412. The molecule has 0 saturated carbocycles. The van der Waals surface area contributed by atoms with Gasteiger partial charge < -0.3 is 15.0 Å². The van der Waals surface area contributed by atoms with E-state index in [4.69, 9.17) is 0 Å². The summed E-state index contributed by atoms with van der Waals surface area (Å²) < 4.78 is 3.01. The number of hydrogen-bond donors (Lipinski definition) is 2. The maximum atomic E-state index is 12.1. The normalized spacial score (nSPS) is 13.7. The molecule has 0 spiro atoms. The van der Waals surface area contributed by atoms with Gasteiger partial charge in [0.1, 0.15) is 6.04 Å². The monoisotopic (exact) mass is 380 g/mol. The van der Waals surface area contributed by atoms with Gasteiger partial charge in [-0.05, 0) is 30.2 Å². The van der Waals surface area contributed by atoms with Gasteiger partial charge in [-0.25, -0.2) is 4.79 Å². The molecule has 0 radical (unpaired) electrons. The number of fused-ring (bicyclic) bond motifs is 1. The van der Waals surface area contributed by atoms with E-state index in [1.165, 1.54) is 0 Å². The minimum atomic E-state index is -0.982. The number of carboxylic acid groups (broad SMARTS) is 1. The van der Waals surface area contributed by atoms with Crippen molar-refractivity contribution in [2.45, 2.75) is 39.3 Å². The molecule has 1 aromatic heterocycles. The van der Waals surface area contributed by atoms with Gasteiger partial charge in [-0.2, -0.15) is 0 Å². The third-order valence-electron chi connectivity index (χ3n) is 4.11. The molecule has 0 aliphatic rings. The molecule has 0 unspecified atom stereocenters. The number of nitrogens with one attached hydrogen (secondary N) is 1. The Kier molecular flexibility index (Phi) is 5.82. The molecule has 2 rings (SSSR count). The number of rotatable bonds is 7. The van der Waals surface area contributed by atoms with E-state index in [2.05, 4.69) is 21.2 Å². The summed E-state index contributed by atoms with van der Waals surface area (Å²) in [4.78, 5) is 23.3. The van der Waals surface area contributed by atoms with Gasteiger partial charge in [-0.1, -0.05) is 36.2 Å². The number of aliphatic carboxylic acids is 1. The van der Waals surface area contributed by atoms with Crippen LogP contribution in [0.4, 0.5) is 0 Å². The third kappa shape index (κ3) is 4.34. The molecule has 0 saturated heterocycles. The molecule has 124 valence electrons. The molecule has 2 N–H and O–H groups in total. The van der Waals surface area contributed by atoms with Crippen molar-refractivity contribution in [3.05, 3.63) is 34.9 Å². The minimum absolute atomic E-state index is 0.0961. The molecule has 1 heterocycles. The van der Waals surface area contributed by atoms with Crippen LogP contribution in [0.25, 0.3) is 10.9 Å². The first kappa shape index (κ1) is 17.5. The molecule has 1 aromatic carbocycles. The van der Waals surface area contributed by atoms with Crippen molar-refractivity contribution in [3.63, 3.8) is 0 Å². The molecule has 0 fully saturated rings. The Hall–Kier alpha value is -1.82. The molecular formula is C17H21BrN2O3. The van der Waals surface area contributed by atoms with Crippen LogP contribution in [0.3, 0.4) is 0 Å². The Morgan fingerprint density at radius 2 is 2.09 bits per heavy atom. The van der Waals surface area contributed by atoms with E-state index in [1.54, 1.807) is 0 Å². The Balaban J connectivity index is 1.99. The summed E-state index contributed by atoms with van der Waals surface area (Å²) in [5, 5.41) is 12.9. The van der Waals surface area contributed by atoms with Gasteiger partial charge in [0.25, 0.3) is 0 Å². The van der Waals surface area contributed by atoms with E-state index in [1.807, 2.05) is 48.9 Å². The van der Waals surface area contributed by atoms with Crippen LogP contribution >= 0.6 is 15.9 Å². The fourth-order valence-corrected chi connectivity index (χ4v) is 2.90. The van der Waals surface area contributed by atoms with Crippen LogP contribution < -0.4 is 5.32 Å². The maximum absolute atomic E-state index is 12.1. The highest BCUT2D eigenvalue weighted by atomic mass is 79.9. The number of benzene rings is 1. The zero-order valence-electron chi connectivity index (χ0n) is 13.3. The van der Waals surface area contributed by atoms with Crippen LogP contribution in [-0.2, 0) is 16.1 Å². The fourth-order valence-electron chi connectivity index (χ4n) is 2.52. The molecule has 0 aliphatic heterocycles. The van der Waals surface area contributed by atoms with Gasteiger partial charge in [0.2, 0.25) is 5.91 Å². The van der Waals surface area contributed by atoms with Crippen molar-refractivity contribution >= 4 is 38.7 Å². The van der Waals surface area contributed by atoms with Gasteiger partial charge in [0.05, 0.1) is 0 Å². The molecule has 2 atom stereocenters. The van der Waals surface area contributed by atoms with Crippen LogP contribution in [0.1, 0.15) is 26.7 Å². The molecule has 2 aromatic rings. The molecule has 23 heavy (non-hydrogen) atoms. The van der Waals surface area contributed by atoms with E-state index in [-0.39, 0.29) is 18.2 Å². The van der Waals surface area contributed by atoms with Gasteiger partial charge in [0, 0.05) is 34.5 Å². The molecule has 0 bridgehead atoms. The summed E-state index contributed by atoms with van der Waals surface area (Å²) >= 11 is 3.44. The lowest BCUT2D eigenvalue weighted by atomic mass is 9.99. The smallest absolute Gasteiger partial charge is 0.326 e. The third-order valence-corrected chi connectivity index (χ3v) is 4.60. The van der Waals surface area contributed by atoms with Crippen molar-refractivity contribution in [1.82, 2.24) is 9.88 Å². The minimum Gasteiger partial charge on any atom is -0.480 e. The summed E-state index contributed by atoms with van der Waals surface area (Å²) in [5.74, 6) is -1.32. The second-order valence-corrected chi connectivity index (χ2v) is 6.65. The van der Waals surface area contributed by atoms with Gasteiger partial charge >= 0.3 is 5.97 Å². The molecule has 1 amide bonds. The predicted octanol–water partition coefficient (Wildman–Crippen LogP) is 3.41. The standard InChI is InChI=1S/C17H21BrN2O3/c1-3-11(2)16(17(22)23)19-15(21)7-9-20-8-6-12-10-13(18)4-5-14(12)20/h4-6,8,10-11,16H,3,7,9H2,1-2H3,(H,19,21)(H,22,23)/t11-,16+/m1/s1. The SMILES string of the molecule is CC[C@@H](C)[C@H](NC(=O)CCn1ccc2cc(Br)ccc21)C(=O)O. The van der Waals surface area contributed by atoms with Crippen molar-refractivity contribution in [2.75, 3.05) is 0 Å². The summed E-state index contributed by atoms with van der Waals surface area (Å²) in [7, 11) is 0. The molecule has 0 aliphatic carbocycles. The first-order chi connectivity index (χ1) is 10.9. The highest BCUT2D eigenvalue weighted by molar-refractivity contribution is 9.10. The van der Waals surface area contributed by atoms with Crippen LogP contribution in [0.2, 0.25) is 0 Å². The van der Waals surface area contributed by atoms with Crippen LogP contribution in [-0.4, -0.2) is 27.6 Å². The zero-order valence-corrected chi connectivity index (χ0v) is 14.8. The Morgan fingerprint density at radius 3 is 2.74 bits per heavy atom. The number of carbonyl (C=O) groups excluding carboxylic acids is 1. The number of amides is 1. The highest BCUT2D eigenvalue weighted by Crippen LogP contribution is 2.21. The van der Waals surface area contributed by atoms with E-state index in [0.29, 0.717) is 13.0 Å². The van der Waals surface area contributed by atoms with Crippen LogP contribution in [0.5, 0.6) is 0 Å². The Bertz CT molecular complexity index is 711. The van der Waals surface area contributed by atoms with Crippen molar-refractivity contribution in [3.8, 4) is 0 Å². The predicted molar refractivity (Wildman–Crippen MR) is 93.3 cm³/mol. The summed E-state index contributed by atoms with van der Waals surface area (Å²) in [5.41, 5.74) is 1.05. The average Bonchev–Trinajstić information content (AvgIpc) is 2.91. The lowest BCUT2D eigenvalue weighted by molar-refractivity contribution is -0.143. The number of nitrogens with zero attached hydrogens (tertiary/aromatic N) is 1. The lowest BCUT2D eigenvalue weighted by Gasteiger charge is -2.20. The largest absolute Gasteiger partial charge is 0.480 e. The first-order valence-electron chi connectivity index (χ1n) is 7.69.